The number of nitrogens with zero attached hydrogens (tertiary/aromatic N) is 8. The smallest absolute Gasteiger partial charge is 0.399 e. The van der Waals surface area contributed by atoms with E-state index in [1.807, 2.05) is 54.9 Å². The lowest BCUT2D eigenvalue weighted by Crippen LogP contribution is -2.13. The molecule has 0 saturated heterocycles. The Balaban J connectivity index is 0.000000152. The van der Waals surface area contributed by atoms with Gasteiger partial charge in [0.05, 0.1) is 30.3 Å². The molecule has 4 aromatic carbocycles. The Morgan fingerprint density at radius 1 is 0.597 bits per heavy atom. The predicted molar refractivity (Wildman–Crippen MR) is 242 cm³/mol. The lowest BCUT2D eigenvalue weighted by Gasteiger charge is -2.10. The summed E-state index contributed by atoms with van der Waals surface area (Å²) in [5.74, 6) is 0.467. The first-order valence-electron chi connectivity index (χ1n) is 19.2. The number of carbonyl (C=O) groups excluding carboxylic acids is 2. The van der Waals surface area contributed by atoms with Crippen molar-refractivity contribution >= 4 is 77.0 Å². The summed E-state index contributed by atoms with van der Waals surface area (Å²) in [5.41, 5.74) is 8.87. The summed E-state index contributed by atoms with van der Waals surface area (Å²) in [6.45, 7) is 0. The molecule has 23 heteroatoms. The van der Waals surface area contributed by atoms with Crippen LogP contribution in [0.2, 0.25) is 0 Å². The molecule has 10 rings (SSSR count). The summed E-state index contributed by atoms with van der Waals surface area (Å²) >= 11 is 8.11. The maximum Gasteiger partial charge on any atom is 0.416 e. The summed E-state index contributed by atoms with van der Waals surface area (Å²) in [6.07, 6.45) is -1.74. The van der Waals surface area contributed by atoms with Crippen molar-refractivity contribution in [2.45, 2.75) is 12.4 Å². The number of amides is 1. The van der Waals surface area contributed by atoms with E-state index in [2.05, 4.69) is 62.6 Å². The second-order valence-electron chi connectivity index (χ2n) is 14.0. The third-order valence-electron chi connectivity index (χ3n) is 9.57. The Bertz CT molecular complexity index is 3330. The van der Waals surface area contributed by atoms with Gasteiger partial charge in [-0.2, -0.15) is 36.8 Å². The summed E-state index contributed by atoms with van der Waals surface area (Å²) in [4.78, 5) is 33.4. The number of halogens is 7. The Kier molecular flexibility index (Phi) is 13.1. The van der Waals surface area contributed by atoms with Gasteiger partial charge in [0.2, 0.25) is 11.6 Å². The van der Waals surface area contributed by atoms with Crippen LogP contribution in [0.25, 0.3) is 63.8 Å². The molecule has 0 radical (unpaired) electrons. The average molecular weight is 969 g/mol. The van der Waals surface area contributed by atoms with Gasteiger partial charge in [0.25, 0.3) is 11.1 Å². The van der Waals surface area contributed by atoms with Crippen molar-refractivity contribution in [3.05, 3.63) is 156 Å². The Morgan fingerprint density at radius 2 is 1.06 bits per heavy atom. The van der Waals surface area contributed by atoms with Gasteiger partial charge in [-0.15, -0.1) is 43.1 Å². The first-order valence-corrected chi connectivity index (χ1v) is 21.2. The summed E-state index contributed by atoms with van der Waals surface area (Å²) in [6, 6.07) is 27.1. The SMILES string of the molecule is Nc1ccc(-c2cncc3sc(-c4nn[nH]n4)cc23)cc1.O=C(Cl)c1cccc(C(F)(F)F)c1.O=C(Nc1ccc(-c2cncc3sc(-c4nn[nH]n4)cc23)cc1)c1cccc(C(F)(F)F)c1. The number of fused-ring (bicyclic) bond motifs is 2. The number of tetrazole rings is 2. The van der Waals surface area contributed by atoms with E-state index in [0.717, 1.165) is 88.2 Å². The van der Waals surface area contributed by atoms with Crippen LogP contribution < -0.4 is 11.1 Å². The van der Waals surface area contributed by atoms with E-state index in [9.17, 15) is 35.9 Å². The van der Waals surface area contributed by atoms with Crippen molar-refractivity contribution in [3.8, 4) is 43.7 Å². The number of nitrogens with one attached hydrogen (secondary N) is 3. The number of aromatic amines is 2. The maximum atomic E-state index is 12.9. The van der Waals surface area contributed by atoms with Gasteiger partial charge in [-0.05, 0) is 99.9 Å². The van der Waals surface area contributed by atoms with Gasteiger partial charge < -0.3 is 11.1 Å². The van der Waals surface area contributed by atoms with Crippen LogP contribution in [0.3, 0.4) is 0 Å². The zero-order chi connectivity index (χ0) is 47.3. The van der Waals surface area contributed by atoms with Gasteiger partial charge in [0, 0.05) is 69.2 Å². The average Bonchev–Trinajstić information content (AvgIpc) is 4.17. The molecule has 0 atom stereocenters. The Labute approximate surface area is 385 Å². The van der Waals surface area contributed by atoms with E-state index in [0.29, 0.717) is 17.3 Å². The zero-order valence-corrected chi connectivity index (χ0v) is 36.0. The second kappa shape index (κ2) is 19.3. The van der Waals surface area contributed by atoms with E-state index >= 15 is 0 Å². The van der Waals surface area contributed by atoms with Gasteiger partial charge in [-0.3, -0.25) is 19.6 Å². The molecule has 5 N–H and O–H groups in total. The third kappa shape index (κ3) is 10.8. The number of nitrogens with two attached hydrogens (primary N) is 1. The van der Waals surface area contributed by atoms with Crippen LogP contribution in [-0.2, 0) is 12.4 Å². The van der Waals surface area contributed by atoms with Crippen LogP contribution in [0.15, 0.2) is 134 Å². The maximum absolute atomic E-state index is 12.9. The number of rotatable bonds is 7. The molecule has 336 valence electrons. The molecule has 6 heterocycles. The van der Waals surface area contributed by atoms with Crippen LogP contribution in [0, 0.1) is 0 Å². The summed E-state index contributed by atoms with van der Waals surface area (Å²) in [5, 5.41) is 32.0. The van der Waals surface area contributed by atoms with Crippen LogP contribution in [0.4, 0.5) is 37.7 Å². The highest BCUT2D eigenvalue weighted by atomic mass is 35.5. The molecule has 0 fully saturated rings. The number of pyridine rings is 2. The molecule has 0 unspecified atom stereocenters. The number of benzene rings is 4. The van der Waals surface area contributed by atoms with Gasteiger partial charge in [-0.25, -0.2) is 0 Å². The molecule has 0 bridgehead atoms. The van der Waals surface area contributed by atoms with Crippen molar-refractivity contribution in [3.63, 3.8) is 0 Å². The van der Waals surface area contributed by atoms with Crippen molar-refractivity contribution in [2.24, 2.45) is 0 Å². The highest BCUT2D eigenvalue weighted by Crippen LogP contribution is 2.39. The number of hydrogen-bond donors (Lipinski definition) is 4. The highest BCUT2D eigenvalue weighted by Gasteiger charge is 2.31. The first kappa shape index (κ1) is 45.6. The molecule has 0 aliphatic carbocycles. The summed E-state index contributed by atoms with van der Waals surface area (Å²) < 4.78 is 77.0. The van der Waals surface area contributed by atoms with Crippen molar-refractivity contribution in [1.29, 1.82) is 0 Å². The van der Waals surface area contributed by atoms with E-state index < -0.39 is 34.6 Å². The molecular weight excluding hydrogens is 942 g/mol. The molecule has 6 aromatic heterocycles. The number of alkyl halides is 6. The lowest BCUT2D eigenvalue weighted by atomic mass is 10.0. The van der Waals surface area contributed by atoms with E-state index in [4.69, 9.17) is 17.3 Å². The monoisotopic (exact) mass is 968 g/mol. The molecule has 10 aromatic rings. The zero-order valence-electron chi connectivity index (χ0n) is 33.6. The number of anilines is 2. The molecule has 67 heavy (non-hydrogen) atoms. The number of nitrogen functional groups attached to an aromatic ring is 1. The lowest BCUT2D eigenvalue weighted by molar-refractivity contribution is -0.138. The van der Waals surface area contributed by atoms with Gasteiger partial charge in [0.15, 0.2) is 0 Å². The quantitative estimate of drug-likeness (QED) is 0.0671. The minimum atomic E-state index is -4.52. The number of carbonyl (C=O) groups is 2. The standard InChI is InChI=1S/C22H13F3N6OS.C14H10N6S.C8H4ClF3O/c23-22(24,25)14-3-1-2-13(8-14)21(32)27-15-6-4-12(5-7-15)17-10-26-11-19-16(17)9-18(33-19)20-28-30-31-29-20;15-9-3-1-8(2-4-9)11-6-16-7-13-10(11)5-12(21-13)14-17-19-20-18-14;9-7(13)5-2-1-3-6(4-5)8(10,11)12/h1-11H,(H,27,32)(H,28,29,30,31);1-7H,15H2,(H,17,18,19,20);1-4H. The van der Waals surface area contributed by atoms with Gasteiger partial charge in [0.1, 0.15) is 0 Å². The third-order valence-corrected chi connectivity index (χ3v) is 11.9. The highest BCUT2D eigenvalue weighted by molar-refractivity contribution is 7.22. The minimum Gasteiger partial charge on any atom is -0.399 e. The minimum absolute atomic E-state index is 0.0739. The number of H-pyrrole nitrogens is 2. The second-order valence-corrected chi connectivity index (χ2v) is 16.5. The fraction of sp³-hybridized carbons (Fsp3) is 0.0455. The van der Waals surface area contributed by atoms with Crippen LogP contribution in [0.1, 0.15) is 31.8 Å². The fourth-order valence-electron chi connectivity index (χ4n) is 6.39. The van der Waals surface area contributed by atoms with E-state index in [1.54, 1.807) is 35.9 Å². The largest absolute Gasteiger partial charge is 0.416 e. The van der Waals surface area contributed by atoms with Gasteiger partial charge in [-0.1, -0.05) is 42.5 Å². The molecule has 0 spiro atoms. The first-order chi connectivity index (χ1) is 32.1. The normalized spacial score (nSPS) is 11.4. The van der Waals surface area contributed by atoms with Crippen LogP contribution in [-0.4, -0.2) is 62.4 Å². The Morgan fingerprint density at radius 3 is 1.51 bits per heavy atom. The van der Waals surface area contributed by atoms with Gasteiger partial charge >= 0.3 is 12.4 Å². The van der Waals surface area contributed by atoms with Crippen molar-refractivity contribution in [1.82, 2.24) is 51.2 Å². The molecule has 14 nitrogen and oxygen atoms in total. The number of thiophene rings is 2. The van der Waals surface area contributed by atoms with Crippen LogP contribution >= 0.6 is 34.3 Å². The van der Waals surface area contributed by atoms with E-state index in [1.165, 1.54) is 29.5 Å². The molecule has 1 amide bonds. The Hall–Kier alpha value is -7.95. The number of aromatic nitrogens is 10. The topological polar surface area (TPSA) is 207 Å². The van der Waals surface area contributed by atoms with Crippen LogP contribution in [0.5, 0.6) is 0 Å². The predicted octanol–water partition coefficient (Wildman–Crippen LogP) is 11.2. The molecule has 0 aliphatic rings. The summed E-state index contributed by atoms with van der Waals surface area (Å²) in [7, 11) is 0. The molecular formula is C44H27ClF6N12O2S2. The number of hydrogen-bond acceptors (Lipinski definition) is 13. The van der Waals surface area contributed by atoms with Crippen molar-refractivity contribution in [2.75, 3.05) is 11.1 Å². The van der Waals surface area contributed by atoms with E-state index in [-0.39, 0.29) is 11.1 Å². The fourth-order valence-corrected chi connectivity index (χ4v) is 8.47. The molecule has 0 aliphatic heterocycles. The molecule has 0 saturated carbocycles. The van der Waals surface area contributed by atoms with Crippen molar-refractivity contribution < 1.29 is 35.9 Å².